The summed E-state index contributed by atoms with van der Waals surface area (Å²) < 4.78 is 6.27. The molecule has 1 atom stereocenters. The van der Waals surface area contributed by atoms with Gasteiger partial charge in [0.15, 0.2) is 5.78 Å². The standard InChI is InChI=1S/C42H68N2O4/c1-7-42(8-2)34-25-19-15-16-20-26-35(34)44-36(39(42)47)27-21-22-31-43-37(45)28-29-41(5,6)48-32-30-40(3,4)38(46)33-23-17-13-11-9-10-12-14-18-24-33/h15-16,19-20,25-26,33,36,44H,7-14,17-18,21-24,27-32H2,1-6H3,(H,43,45)/b16-15?,19-15-,20-16-,25-19?,26-20?,34-25+,35-26+. The number of carbonyl (C=O) groups is 3. The molecule has 6 heteroatoms. The lowest BCUT2D eigenvalue weighted by atomic mass is 9.65. The number of hydrogen-bond acceptors (Lipinski definition) is 5. The number of rotatable bonds is 16. The van der Waals surface area contributed by atoms with Crippen LogP contribution in [-0.2, 0) is 19.1 Å². The van der Waals surface area contributed by atoms with Crippen molar-refractivity contribution in [3.8, 4) is 0 Å². The van der Waals surface area contributed by atoms with Gasteiger partial charge in [-0.05, 0) is 83.3 Å². The molecule has 0 aromatic heterocycles. The van der Waals surface area contributed by atoms with E-state index in [4.69, 9.17) is 4.74 Å². The zero-order valence-corrected chi connectivity index (χ0v) is 31.4. The first kappa shape index (κ1) is 40.0. The van der Waals surface area contributed by atoms with E-state index in [2.05, 4.69) is 50.5 Å². The van der Waals surface area contributed by atoms with Gasteiger partial charge < -0.3 is 15.4 Å². The van der Waals surface area contributed by atoms with Gasteiger partial charge in [-0.1, -0.05) is 109 Å². The number of hydrogen-bond donors (Lipinski definition) is 2. The first-order valence-electron chi connectivity index (χ1n) is 19.5. The summed E-state index contributed by atoms with van der Waals surface area (Å²) in [5, 5.41) is 6.61. The predicted octanol–water partition coefficient (Wildman–Crippen LogP) is 9.65. The molecule has 0 bridgehead atoms. The van der Waals surface area contributed by atoms with Gasteiger partial charge in [-0.25, -0.2) is 0 Å². The average molecular weight is 665 g/mol. The maximum absolute atomic E-state index is 13.7. The van der Waals surface area contributed by atoms with Crippen molar-refractivity contribution in [2.75, 3.05) is 13.2 Å². The highest BCUT2D eigenvalue weighted by Crippen LogP contribution is 2.44. The van der Waals surface area contributed by atoms with E-state index in [1.807, 2.05) is 38.2 Å². The number of ether oxygens (including phenoxy) is 1. The van der Waals surface area contributed by atoms with E-state index in [1.165, 1.54) is 51.4 Å². The van der Waals surface area contributed by atoms with Crippen LogP contribution in [0.4, 0.5) is 0 Å². The minimum absolute atomic E-state index is 0.0335. The molecule has 1 heterocycles. The van der Waals surface area contributed by atoms with Crippen molar-refractivity contribution in [1.29, 1.82) is 0 Å². The summed E-state index contributed by atoms with van der Waals surface area (Å²) in [6.07, 6.45) is 30.2. The number of carbonyl (C=O) groups excluding carboxylic acids is 3. The smallest absolute Gasteiger partial charge is 0.220 e. The molecule has 6 nitrogen and oxygen atoms in total. The van der Waals surface area contributed by atoms with E-state index < -0.39 is 16.4 Å². The molecule has 2 aliphatic carbocycles. The Hall–Kier alpha value is -2.47. The third-order valence-corrected chi connectivity index (χ3v) is 11.3. The van der Waals surface area contributed by atoms with Gasteiger partial charge in [-0.15, -0.1) is 0 Å². The van der Waals surface area contributed by atoms with Crippen LogP contribution in [-0.4, -0.2) is 42.3 Å². The summed E-state index contributed by atoms with van der Waals surface area (Å²) >= 11 is 0. The highest BCUT2D eigenvalue weighted by atomic mass is 16.5. The average Bonchev–Trinajstić information content (AvgIpc) is 3.11. The molecule has 1 unspecified atom stereocenters. The maximum atomic E-state index is 13.7. The second kappa shape index (κ2) is 19.6. The second-order valence-corrected chi connectivity index (χ2v) is 15.8. The number of allylic oxidation sites excluding steroid dienone is 7. The van der Waals surface area contributed by atoms with Gasteiger partial charge in [0.05, 0.1) is 17.1 Å². The van der Waals surface area contributed by atoms with Gasteiger partial charge in [0.2, 0.25) is 5.91 Å². The summed E-state index contributed by atoms with van der Waals surface area (Å²) in [6.45, 7) is 13.6. The van der Waals surface area contributed by atoms with Gasteiger partial charge in [-0.3, -0.25) is 14.4 Å². The van der Waals surface area contributed by atoms with Crippen LogP contribution in [0.5, 0.6) is 0 Å². The number of piperidine rings is 1. The monoisotopic (exact) mass is 665 g/mol. The lowest BCUT2D eigenvalue weighted by molar-refractivity contribution is -0.134. The van der Waals surface area contributed by atoms with Crippen LogP contribution in [0.3, 0.4) is 0 Å². The summed E-state index contributed by atoms with van der Waals surface area (Å²) in [5.41, 5.74) is 0.848. The van der Waals surface area contributed by atoms with Crippen LogP contribution in [0.15, 0.2) is 47.7 Å². The van der Waals surface area contributed by atoms with Crippen molar-refractivity contribution >= 4 is 17.5 Å². The van der Waals surface area contributed by atoms with E-state index in [9.17, 15) is 14.4 Å². The lowest BCUT2D eigenvalue weighted by Gasteiger charge is -2.43. The molecular weight excluding hydrogens is 596 g/mol. The van der Waals surface area contributed by atoms with E-state index in [1.54, 1.807) is 0 Å². The number of amides is 1. The predicted molar refractivity (Wildman–Crippen MR) is 199 cm³/mol. The molecule has 2 fully saturated rings. The highest BCUT2D eigenvalue weighted by Gasteiger charge is 2.47. The Morgan fingerprint density at radius 3 is 2.08 bits per heavy atom. The van der Waals surface area contributed by atoms with Gasteiger partial charge in [-0.2, -0.15) is 0 Å². The van der Waals surface area contributed by atoms with Crippen LogP contribution >= 0.6 is 0 Å². The van der Waals surface area contributed by atoms with E-state index in [0.29, 0.717) is 38.2 Å². The first-order valence-corrected chi connectivity index (χ1v) is 19.5. The minimum atomic E-state index is -0.460. The Labute approximate surface area is 293 Å². The molecule has 0 aromatic carbocycles. The van der Waals surface area contributed by atoms with Gasteiger partial charge in [0.25, 0.3) is 0 Å². The van der Waals surface area contributed by atoms with Crippen molar-refractivity contribution in [2.45, 2.75) is 169 Å². The molecular formula is C42H68N2O4. The van der Waals surface area contributed by atoms with Crippen molar-refractivity contribution in [1.82, 2.24) is 10.6 Å². The fourth-order valence-electron chi connectivity index (χ4n) is 7.84. The highest BCUT2D eigenvalue weighted by molar-refractivity contribution is 5.95. The van der Waals surface area contributed by atoms with E-state index in [-0.39, 0.29) is 23.7 Å². The van der Waals surface area contributed by atoms with Crippen molar-refractivity contribution in [3.63, 3.8) is 0 Å². The lowest BCUT2D eigenvalue weighted by Crippen LogP contribution is -2.53. The van der Waals surface area contributed by atoms with Crippen molar-refractivity contribution < 1.29 is 19.1 Å². The van der Waals surface area contributed by atoms with Crippen LogP contribution in [0, 0.1) is 16.7 Å². The van der Waals surface area contributed by atoms with E-state index in [0.717, 1.165) is 56.2 Å². The molecule has 0 aromatic rings. The quantitative estimate of drug-likeness (QED) is 0.161. The van der Waals surface area contributed by atoms with Crippen LogP contribution in [0.25, 0.3) is 0 Å². The molecule has 1 aliphatic heterocycles. The molecule has 1 saturated heterocycles. The normalized spacial score (nSPS) is 24.6. The van der Waals surface area contributed by atoms with Crippen molar-refractivity contribution in [2.24, 2.45) is 16.7 Å². The Balaban J connectivity index is 1.37. The first-order chi connectivity index (χ1) is 23.0. The molecule has 2 N–H and O–H groups in total. The molecule has 270 valence electrons. The third kappa shape index (κ3) is 11.8. The Bertz CT molecular complexity index is 1160. The van der Waals surface area contributed by atoms with Gasteiger partial charge in [0, 0.05) is 36.6 Å². The number of unbranched alkanes of at least 4 members (excludes halogenated alkanes) is 1. The number of nitrogens with one attached hydrogen (secondary N) is 2. The summed E-state index contributed by atoms with van der Waals surface area (Å²) in [6, 6.07) is -0.213. The molecule has 0 radical (unpaired) electrons. The number of ketones is 2. The SMILES string of the molecule is CCC1(CC)C(=O)C(CCCCNC(=O)CCC(C)(C)OCCC(C)(C)C(=O)C2CCCCCCCCCC2)NC2=C/C=C\C=C/C=C\21. The molecule has 48 heavy (non-hydrogen) atoms. The largest absolute Gasteiger partial charge is 0.376 e. The Kier molecular flexibility index (Phi) is 16.4. The van der Waals surface area contributed by atoms with Crippen LogP contribution in [0.1, 0.15) is 157 Å². The number of fused-ring (bicyclic) bond motifs is 1. The fraction of sp³-hybridized carbons (Fsp3) is 0.738. The van der Waals surface area contributed by atoms with Gasteiger partial charge in [0.1, 0.15) is 5.78 Å². The summed E-state index contributed by atoms with van der Waals surface area (Å²) in [7, 11) is 0. The van der Waals surface area contributed by atoms with Crippen LogP contribution in [0.2, 0.25) is 0 Å². The zero-order valence-electron chi connectivity index (χ0n) is 31.4. The fourth-order valence-corrected chi connectivity index (χ4v) is 7.84. The van der Waals surface area contributed by atoms with Crippen molar-refractivity contribution in [3.05, 3.63) is 47.7 Å². The summed E-state index contributed by atoms with van der Waals surface area (Å²) in [5.74, 6) is 0.911. The second-order valence-electron chi connectivity index (χ2n) is 15.8. The molecule has 3 aliphatic rings. The molecule has 0 spiro atoms. The third-order valence-electron chi connectivity index (χ3n) is 11.3. The molecule has 1 amide bonds. The molecule has 1 saturated carbocycles. The van der Waals surface area contributed by atoms with Crippen LogP contribution < -0.4 is 10.6 Å². The topological polar surface area (TPSA) is 84.5 Å². The maximum Gasteiger partial charge on any atom is 0.220 e. The minimum Gasteiger partial charge on any atom is -0.376 e. The summed E-state index contributed by atoms with van der Waals surface area (Å²) in [4.78, 5) is 40.0. The van der Waals surface area contributed by atoms with Gasteiger partial charge >= 0.3 is 0 Å². The molecule has 3 rings (SSSR count). The number of Topliss-reactive ketones (excluding diaryl/α,β-unsaturated/α-hetero) is 2. The van der Waals surface area contributed by atoms with E-state index >= 15 is 0 Å². The Morgan fingerprint density at radius 2 is 1.46 bits per heavy atom. The Morgan fingerprint density at radius 1 is 0.854 bits per heavy atom. The zero-order chi connectivity index (χ0) is 35.0.